The predicted molar refractivity (Wildman–Crippen MR) is 104 cm³/mol. The van der Waals surface area contributed by atoms with Gasteiger partial charge in [0.2, 0.25) is 5.91 Å². The minimum atomic E-state index is -0.761. The molecule has 146 valence electrons. The lowest BCUT2D eigenvalue weighted by Gasteiger charge is -2.25. The molecule has 0 bridgehead atoms. The Morgan fingerprint density at radius 1 is 1.14 bits per heavy atom. The minimum Gasteiger partial charge on any atom is -0.462 e. The molecule has 3 rings (SSSR count). The first-order valence-corrected chi connectivity index (χ1v) is 9.21. The summed E-state index contributed by atoms with van der Waals surface area (Å²) in [6, 6.07) is 12.7. The van der Waals surface area contributed by atoms with E-state index >= 15 is 0 Å². The molecule has 7 nitrogen and oxygen atoms in total. The maximum atomic E-state index is 12.3. The van der Waals surface area contributed by atoms with Crippen molar-refractivity contribution in [2.45, 2.75) is 32.2 Å². The van der Waals surface area contributed by atoms with E-state index in [2.05, 4.69) is 10.6 Å². The van der Waals surface area contributed by atoms with Crippen LogP contribution in [0.2, 0.25) is 0 Å². The highest BCUT2D eigenvalue weighted by atomic mass is 16.5. The van der Waals surface area contributed by atoms with Crippen molar-refractivity contribution >= 4 is 29.2 Å². The lowest BCUT2D eigenvalue weighted by atomic mass is 10.1. The first-order valence-electron chi connectivity index (χ1n) is 9.21. The van der Waals surface area contributed by atoms with E-state index in [0.717, 1.165) is 12.8 Å². The molecular formula is C21H22N2O5. The molecule has 1 aliphatic heterocycles. The molecule has 7 heteroatoms. The number of benzene rings is 2. The van der Waals surface area contributed by atoms with Crippen LogP contribution in [-0.4, -0.2) is 30.5 Å². The number of carbonyl (C=O) groups is 3. The summed E-state index contributed by atoms with van der Waals surface area (Å²) in [4.78, 5) is 36.2. The predicted octanol–water partition coefficient (Wildman–Crippen LogP) is 3.37. The zero-order chi connectivity index (χ0) is 19.9. The molecule has 0 unspecified atom stereocenters. The average Bonchev–Trinajstić information content (AvgIpc) is 2.69. The number of carbonyl (C=O) groups excluding carboxylic acids is 3. The van der Waals surface area contributed by atoms with Crippen LogP contribution in [0.15, 0.2) is 48.5 Å². The molecule has 1 aliphatic rings. The zero-order valence-electron chi connectivity index (χ0n) is 15.6. The number of fused-ring (bicyclic) bond motifs is 1. The van der Waals surface area contributed by atoms with Gasteiger partial charge in [-0.15, -0.1) is 0 Å². The molecule has 2 N–H and O–H groups in total. The second kappa shape index (κ2) is 9.03. The quantitative estimate of drug-likeness (QED) is 0.433. The van der Waals surface area contributed by atoms with E-state index < -0.39 is 12.0 Å². The third-order valence-corrected chi connectivity index (χ3v) is 4.24. The SMILES string of the molecule is CCCCOC(=O)c1ccc(NC(=O)C[C@H]2Nc3ccccc3OC2=O)cc1. The van der Waals surface area contributed by atoms with Crippen LogP contribution in [0, 0.1) is 0 Å². The van der Waals surface area contributed by atoms with E-state index in [1.807, 2.05) is 13.0 Å². The highest BCUT2D eigenvalue weighted by Gasteiger charge is 2.29. The van der Waals surface area contributed by atoms with E-state index in [0.29, 0.717) is 29.3 Å². The van der Waals surface area contributed by atoms with E-state index in [1.165, 1.54) is 0 Å². The van der Waals surface area contributed by atoms with Gasteiger partial charge in [-0.05, 0) is 42.8 Å². The molecular weight excluding hydrogens is 360 g/mol. The Balaban J connectivity index is 1.54. The van der Waals surface area contributed by atoms with Crippen molar-refractivity contribution in [2.24, 2.45) is 0 Å². The van der Waals surface area contributed by atoms with Crippen molar-refractivity contribution in [3.63, 3.8) is 0 Å². The lowest BCUT2D eigenvalue weighted by Crippen LogP contribution is -2.39. The maximum Gasteiger partial charge on any atom is 0.338 e. The Labute approximate surface area is 163 Å². The summed E-state index contributed by atoms with van der Waals surface area (Å²) < 4.78 is 10.4. The summed E-state index contributed by atoms with van der Waals surface area (Å²) in [5.74, 6) is -0.782. The summed E-state index contributed by atoms with van der Waals surface area (Å²) in [7, 11) is 0. The maximum absolute atomic E-state index is 12.3. The summed E-state index contributed by atoms with van der Waals surface area (Å²) >= 11 is 0. The lowest BCUT2D eigenvalue weighted by molar-refractivity contribution is -0.137. The monoisotopic (exact) mass is 382 g/mol. The van der Waals surface area contributed by atoms with Crippen molar-refractivity contribution in [1.82, 2.24) is 0 Å². The molecule has 0 aliphatic carbocycles. The number of nitrogens with one attached hydrogen (secondary N) is 2. The van der Waals surface area contributed by atoms with Crippen molar-refractivity contribution in [3.8, 4) is 5.75 Å². The van der Waals surface area contributed by atoms with Crippen LogP contribution >= 0.6 is 0 Å². The molecule has 1 atom stereocenters. The minimum absolute atomic E-state index is 0.0754. The van der Waals surface area contributed by atoms with Crippen LogP contribution in [0.5, 0.6) is 5.75 Å². The van der Waals surface area contributed by atoms with Gasteiger partial charge in [0.05, 0.1) is 24.3 Å². The largest absolute Gasteiger partial charge is 0.462 e. The van der Waals surface area contributed by atoms with Crippen molar-refractivity contribution < 1.29 is 23.9 Å². The third kappa shape index (κ3) is 4.88. The summed E-state index contributed by atoms with van der Waals surface area (Å²) in [5.41, 5.74) is 1.62. The fourth-order valence-electron chi connectivity index (χ4n) is 2.71. The van der Waals surface area contributed by atoms with Gasteiger partial charge in [0.25, 0.3) is 0 Å². The highest BCUT2D eigenvalue weighted by Crippen LogP contribution is 2.29. The van der Waals surface area contributed by atoms with E-state index in [1.54, 1.807) is 42.5 Å². The third-order valence-electron chi connectivity index (χ3n) is 4.24. The normalized spacial score (nSPS) is 15.0. The standard InChI is InChI=1S/C21H22N2O5/c1-2-3-12-27-20(25)14-8-10-15(11-9-14)22-19(24)13-17-21(26)28-18-7-5-4-6-16(18)23-17/h4-11,17,23H,2-3,12-13H2,1H3,(H,22,24)/t17-/m1/s1. The van der Waals surface area contributed by atoms with Gasteiger partial charge in [-0.1, -0.05) is 25.5 Å². The zero-order valence-corrected chi connectivity index (χ0v) is 15.6. The van der Waals surface area contributed by atoms with Crippen LogP contribution in [-0.2, 0) is 14.3 Å². The number of esters is 2. The van der Waals surface area contributed by atoms with Gasteiger partial charge in [-0.3, -0.25) is 4.79 Å². The molecule has 1 amide bonds. The molecule has 0 aromatic heterocycles. The van der Waals surface area contributed by atoms with Gasteiger partial charge in [-0.2, -0.15) is 0 Å². The second-order valence-electron chi connectivity index (χ2n) is 6.43. The Morgan fingerprint density at radius 2 is 1.89 bits per heavy atom. The number of hydrogen-bond acceptors (Lipinski definition) is 6. The Kier molecular flexibility index (Phi) is 6.26. The fourth-order valence-corrected chi connectivity index (χ4v) is 2.71. The number of rotatable bonds is 7. The van der Waals surface area contributed by atoms with Crippen LogP contribution in [0.25, 0.3) is 0 Å². The van der Waals surface area contributed by atoms with E-state index in [9.17, 15) is 14.4 Å². The number of anilines is 2. The molecule has 2 aromatic rings. The van der Waals surface area contributed by atoms with Crippen LogP contribution < -0.4 is 15.4 Å². The van der Waals surface area contributed by atoms with Crippen molar-refractivity contribution in [1.29, 1.82) is 0 Å². The molecule has 2 aromatic carbocycles. The number of para-hydroxylation sites is 2. The number of unbranched alkanes of at least 4 members (excludes halogenated alkanes) is 1. The van der Waals surface area contributed by atoms with Crippen molar-refractivity contribution in [2.75, 3.05) is 17.2 Å². The van der Waals surface area contributed by atoms with Gasteiger partial charge in [0.1, 0.15) is 6.04 Å². The summed E-state index contributed by atoms with van der Waals surface area (Å²) in [6.45, 7) is 2.41. The molecule has 1 heterocycles. The molecule has 0 spiro atoms. The van der Waals surface area contributed by atoms with Crippen LogP contribution in [0.3, 0.4) is 0 Å². The molecule has 0 saturated carbocycles. The summed E-state index contributed by atoms with van der Waals surface area (Å²) in [6.07, 6.45) is 1.70. The summed E-state index contributed by atoms with van der Waals surface area (Å²) in [5, 5.41) is 5.73. The van der Waals surface area contributed by atoms with Gasteiger partial charge in [0.15, 0.2) is 5.75 Å². The van der Waals surface area contributed by atoms with Gasteiger partial charge < -0.3 is 20.1 Å². The Hall–Kier alpha value is -3.35. The fraction of sp³-hybridized carbons (Fsp3) is 0.286. The Bertz CT molecular complexity index is 863. The second-order valence-corrected chi connectivity index (χ2v) is 6.43. The van der Waals surface area contributed by atoms with Gasteiger partial charge in [-0.25, -0.2) is 9.59 Å². The number of ether oxygens (including phenoxy) is 2. The Morgan fingerprint density at radius 3 is 2.64 bits per heavy atom. The van der Waals surface area contributed by atoms with Crippen molar-refractivity contribution in [3.05, 3.63) is 54.1 Å². The first-order chi connectivity index (χ1) is 13.6. The smallest absolute Gasteiger partial charge is 0.338 e. The van der Waals surface area contributed by atoms with E-state index in [4.69, 9.17) is 9.47 Å². The number of amides is 1. The molecule has 28 heavy (non-hydrogen) atoms. The van der Waals surface area contributed by atoms with E-state index in [-0.39, 0.29) is 18.3 Å². The molecule has 0 fully saturated rings. The first kappa shape index (κ1) is 19.4. The van der Waals surface area contributed by atoms with Crippen LogP contribution in [0.4, 0.5) is 11.4 Å². The van der Waals surface area contributed by atoms with Gasteiger partial charge in [0, 0.05) is 5.69 Å². The number of hydrogen-bond donors (Lipinski definition) is 2. The molecule has 0 saturated heterocycles. The topological polar surface area (TPSA) is 93.7 Å². The molecule has 0 radical (unpaired) electrons. The van der Waals surface area contributed by atoms with Gasteiger partial charge >= 0.3 is 11.9 Å². The average molecular weight is 382 g/mol. The highest BCUT2D eigenvalue weighted by molar-refractivity contribution is 5.97. The van der Waals surface area contributed by atoms with Crippen LogP contribution in [0.1, 0.15) is 36.5 Å².